The van der Waals surface area contributed by atoms with Gasteiger partial charge in [-0.15, -0.1) is 11.8 Å². The molecule has 84 valence electrons. The Balaban J connectivity index is 2.70. The maximum absolute atomic E-state index is 9.56. The maximum atomic E-state index is 9.56. The maximum Gasteiger partial charge on any atom is 0.118 e. The van der Waals surface area contributed by atoms with Gasteiger partial charge in [0.2, 0.25) is 0 Å². The summed E-state index contributed by atoms with van der Waals surface area (Å²) >= 11 is 1.92. The standard InChI is InChI=1S/C12H20OSSi/c1-5-10-8-11(6-7-12(10)13)14-9-15(2,3)4/h6-8,13H,5,9H2,1-4H3. The van der Waals surface area contributed by atoms with E-state index in [0.29, 0.717) is 5.75 Å². The summed E-state index contributed by atoms with van der Waals surface area (Å²) in [5.74, 6) is 0.426. The molecule has 1 N–H and O–H groups in total. The second-order valence-electron chi connectivity index (χ2n) is 4.99. The Bertz CT molecular complexity index is 331. The van der Waals surface area contributed by atoms with Gasteiger partial charge in [-0.3, -0.25) is 0 Å². The Kier molecular flexibility index (Phi) is 4.29. The van der Waals surface area contributed by atoms with Crippen molar-refractivity contribution < 1.29 is 5.11 Å². The number of aromatic hydroxyl groups is 1. The smallest absolute Gasteiger partial charge is 0.118 e. The predicted octanol–water partition coefficient (Wildman–Crippen LogP) is 3.92. The Morgan fingerprint density at radius 3 is 2.47 bits per heavy atom. The van der Waals surface area contributed by atoms with Crippen LogP contribution in [0.25, 0.3) is 0 Å². The lowest BCUT2D eigenvalue weighted by Gasteiger charge is -2.15. The number of phenolic OH excluding ortho intramolecular Hbond substituents is 1. The van der Waals surface area contributed by atoms with Crippen molar-refractivity contribution in [2.45, 2.75) is 37.9 Å². The Labute approximate surface area is 97.9 Å². The molecule has 1 rings (SSSR count). The molecule has 3 heteroatoms. The highest BCUT2D eigenvalue weighted by atomic mass is 32.2. The quantitative estimate of drug-likeness (QED) is 0.636. The van der Waals surface area contributed by atoms with Crippen LogP contribution in [-0.4, -0.2) is 18.6 Å². The lowest BCUT2D eigenvalue weighted by molar-refractivity contribution is 0.468. The van der Waals surface area contributed by atoms with E-state index < -0.39 is 8.07 Å². The van der Waals surface area contributed by atoms with Gasteiger partial charge in [0, 0.05) is 4.90 Å². The summed E-state index contributed by atoms with van der Waals surface area (Å²) in [7, 11) is -0.981. The summed E-state index contributed by atoms with van der Waals surface area (Å²) in [4.78, 5) is 1.28. The SMILES string of the molecule is CCc1cc(SC[Si](C)(C)C)ccc1O. The van der Waals surface area contributed by atoms with Crippen LogP contribution in [0.5, 0.6) is 5.75 Å². The number of benzene rings is 1. The molecular formula is C12H20OSSi. The molecule has 0 unspecified atom stereocenters. The predicted molar refractivity (Wildman–Crippen MR) is 71.6 cm³/mol. The molecule has 0 saturated heterocycles. The van der Waals surface area contributed by atoms with Crippen LogP contribution in [0.1, 0.15) is 12.5 Å². The van der Waals surface area contributed by atoms with Crippen LogP contribution in [0.2, 0.25) is 19.6 Å². The molecule has 0 fully saturated rings. The molecule has 1 aromatic rings. The van der Waals surface area contributed by atoms with Crippen LogP contribution in [-0.2, 0) is 6.42 Å². The van der Waals surface area contributed by atoms with Crippen molar-refractivity contribution in [1.82, 2.24) is 0 Å². The van der Waals surface area contributed by atoms with Gasteiger partial charge in [-0.05, 0) is 35.6 Å². The van der Waals surface area contributed by atoms with E-state index in [2.05, 4.69) is 32.6 Å². The summed E-state index contributed by atoms with van der Waals surface area (Å²) in [5, 5.41) is 10.8. The minimum absolute atomic E-state index is 0.426. The zero-order valence-electron chi connectivity index (χ0n) is 10.0. The van der Waals surface area contributed by atoms with Crippen molar-refractivity contribution in [1.29, 1.82) is 0 Å². The van der Waals surface area contributed by atoms with E-state index in [1.807, 2.05) is 23.9 Å². The van der Waals surface area contributed by atoms with Crippen molar-refractivity contribution in [3.05, 3.63) is 23.8 Å². The van der Waals surface area contributed by atoms with E-state index in [0.717, 1.165) is 12.0 Å². The molecule has 1 nitrogen and oxygen atoms in total. The van der Waals surface area contributed by atoms with Crippen molar-refractivity contribution in [2.75, 3.05) is 5.38 Å². The van der Waals surface area contributed by atoms with Crippen LogP contribution in [0.3, 0.4) is 0 Å². The zero-order chi connectivity index (χ0) is 11.5. The molecular weight excluding hydrogens is 220 g/mol. The number of thioether (sulfide) groups is 1. The van der Waals surface area contributed by atoms with E-state index in [-0.39, 0.29) is 0 Å². The van der Waals surface area contributed by atoms with E-state index in [4.69, 9.17) is 0 Å². The lowest BCUT2D eigenvalue weighted by Crippen LogP contribution is -2.23. The van der Waals surface area contributed by atoms with Gasteiger partial charge in [-0.25, -0.2) is 0 Å². The van der Waals surface area contributed by atoms with Crippen LogP contribution >= 0.6 is 11.8 Å². The van der Waals surface area contributed by atoms with Crippen LogP contribution in [0.4, 0.5) is 0 Å². The summed E-state index contributed by atoms with van der Waals surface area (Å²) in [5.41, 5.74) is 1.05. The molecule has 0 aliphatic heterocycles. The Hall–Kier alpha value is -0.413. The molecule has 0 bridgehead atoms. The van der Waals surface area contributed by atoms with E-state index >= 15 is 0 Å². The molecule has 0 radical (unpaired) electrons. The fraction of sp³-hybridized carbons (Fsp3) is 0.500. The van der Waals surface area contributed by atoms with Crippen LogP contribution in [0.15, 0.2) is 23.1 Å². The van der Waals surface area contributed by atoms with Gasteiger partial charge in [-0.2, -0.15) is 0 Å². The molecule has 0 amide bonds. The molecule has 0 heterocycles. The van der Waals surface area contributed by atoms with E-state index in [1.165, 1.54) is 10.3 Å². The van der Waals surface area contributed by atoms with Crippen molar-refractivity contribution >= 4 is 19.8 Å². The van der Waals surface area contributed by atoms with Crippen molar-refractivity contribution in [2.24, 2.45) is 0 Å². The molecule has 0 spiro atoms. The first kappa shape index (κ1) is 12.7. The Morgan fingerprint density at radius 1 is 1.27 bits per heavy atom. The molecule has 0 saturated carbocycles. The number of rotatable bonds is 4. The van der Waals surface area contributed by atoms with Crippen LogP contribution in [0, 0.1) is 0 Å². The average Bonchev–Trinajstić information content (AvgIpc) is 2.15. The fourth-order valence-electron chi connectivity index (χ4n) is 1.23. The second-order valence-corrected chi connectivity index (χ2v) is 12.0. The second kappa shape index (κ2) is 5.08. The third-order valence-electron chi connectivity index (χ3n) is 2.10. The van der Waals surface area contributed by atoms with E-state index in [9.17, 15) is 5.11 Å². The van der Waals surface area contributed by atoms with Crippen molar-refractivity contribution in [3.8, 4) is 5.75 Å². The largest absolute Gasteiger partial charge is 0.508 e. The Morgan fingerprint density at radius 2 is 1.93 bits per heavy atom. The van der Waals surface area contributed by atoms with Gasteiger partial charge >= 0.3 is 0 Å². The topological polar surface area (TPSA) is 20.2 Å². The van der Waals surface area contributed by atoms with Gasteiger partial charge in [0.1, 0.15) is 5.75 Å². The van der Waals surface area contributed by atoms with Gasteiger partial charge in [0.25, 0.3) is 0 Å². The first-order chi connectivity index (χ1) is 6.92. The van der Waals surface area contributed by atoms with E-state index in [1.54, 1.807) is 0 Å². The minimum atomic E-state index is -0.981. The molecule has 0 aromatic heterocycles. The summed E-state index contributed by atoms with van der Waals surface area (Å²) in [6.45, 7) is 9.20. The molecule has 0 atom stereocenters. The highest BCUT2D eigenvalue weighted by Crippen LogP contribution is 2.27. The fourth-order valence-corrected chi connectivity index (χ4v) is 4.02. The third kappa shape index (κ3) is 4.30. The van der Waals surface area contributed by atoms with Gasteiger partial charge in [0.15, 0.2) is 0 Å². The summed E-state index contributed by atoms with van der Waals surface area (Å²) in [6.07, 6.45) is 0.896. The van der Waals surface area contributed by atoms with Gasteiger partial charge in [0.05, 0.1) is 8.07 Å². The highest BCUT2D eigenvalue weighted by molar-refractivity contribution is 8.01. The normalized spacial score (nSPS) is 11.7. The summed E-state index contributed by atoms with van der Waals surface area (Å²) < 4.78 is 0. The summed E-state index contributed by atoms with van der Waals surface area (Å²) in [6, 6.07) is 5.94. The molecule has 1 aromatic carbocycles. The number of hydrogen-bond donors (Lipinski definition) is 1. The van der Waals surface area contributed by atoms with Crippen molar-refractivity contribution in [3.63, 3.8) is 0 Å². The van der Waals surface area contributed by atoms with Crippen LogP contribution < -0.4 is 0 Å². The molecule has 15 heavy (non-hydrogen) atoms. The first-order valence-corrected chi connectivity index (χ1v) is 10.1. The zero-order valence-corrected chi connectivity index (χ0v) is 11.8. The third-order valence-corrected chi connectivity index (χ3v) is 6.73. The van der Waals surface area contributed by atoms with Gasteiger partial charge in [-0.1, -0.05) is 26.6 Å². The highest BCUT2D eigenvalue weighted by Gasteiger charge is 2.13. The number of hydrogen-bond acceptors (Lipinski definition) is 2. The monoisotopic (exact) mass is 240 g/mol. The molecule has 0 aliphatic carbocycles. The van der Waals surface area contributed by atoms with Gasteiger partial charge < -0.3 is 5.11 Å². The molecule has 0 aliphatic rings. The first-order valence-electron chi connectivity index (χ1n) is 5.37. The minimum Gasteiger partial charge on any atom is -0.508 e. The number of aryl methyl sites for hydroxylation is 1. The average molecular weight is 240 g/mol. The lowest BCUT2D eigenvalue weighted by atomic mass is 10.1. The number of phenols is 1.